The van der Waals surface area contributed by atoms with Gasteiger partial charge in [0.25, 0.3) is 0 Å². The van der Waals surface area contributed by atoms with Crippen molar-refractivity contribution in [3.05, 3.63) is 42.0 Å². The minimum atomic E-state index is -0.198. The quantitative estimate of drug-likeness (QED) is 0.782. The zero-order chi connectivity index (χ0) is 14.4. The van der Waals surface area contributed by atoms with Crippen LogP contribution in [0.3, 0.4) is 0 Å². The maximum atomic E-state index is 13.5. The van der Waals surface area contributed by atoms with Crippen LogP contribution in [0, 0.1) is 5.82 Å². The van der Waals surface area contributed by atoms with Gasteiger partial charge in [-0.15, -0.1) is 0 Å². The van der Waals surface area contributed by atoms with Crippen LogP contribution in [0.1, 0.15) is 32.3 Å². The van der Waals surface area contributed by atoms with E-state index in [0.717, 1.165) is 42.9 Å². The number of rotatable bonds is 7. The number of hydrogen-bond donors (Lipinski definition) is 1. The van der Waals surface area contributed by atoms with E-state index < -0.39 is 0 Å². The van der Waals surface area contributed by atoms with Gasteiger partial charge in [-0.1, -0.05) is 13.8 Å². The maximum absolute atomic E-state index is 13.5. The maximum Gasteiger partial charge on any atom is 0.140 e. The SMILES string of the molecule is CCCNCc1cc(F)ccc1-c1nccn1CCC. The van der Waals surface area contributed by atoms with Crippen LogP contribution in [0.2, 0.25) is 0 Å². The summed E-state index contributed by atoms with van der Waals surface area (Å²) in [6.45, 7) is 6.78. The number of aryl methyl sites for hydroxylation is 1. The van der Waals surface area contributed by atoms with Gasteiger partial charge < -0.3 is 9.88 Å². The molecule has 3 nitrogen and oxygen atoms in total. The fraction of sp³-hybridized carbons (Fsp3) is 0.438. The van der Waals surface area contributed by atoms with Crippen molar-refractivity contribution < 1.29 is 4.39 Å². The van der Waals surface area contributed by atoms with Crippen molar-refractivity contribution in [1.82, 2.24) is 14.9 Å². The summed E-state index contributed by atoms with van der Waals surface area (Å²) in [7, 11) is 0. The molecule has 0 spiro atoms. The highest BCUT2D eigenvalue weighted by molar-refractivity contribution is 5.60. The van der Waals surface area contributed by atoms with Gasteiger partial charge in [0.15, 0.2) is 0 Å². The van der Waals surface area contributed by atoms with Gasteiger partial charge in [-0.3, -0.25) is 0 Å². The Morgan fingerprint density at radius 1 is 1.25 bits per heavy atom. The van der Waals surface area contributed by atoms with Gasteiger partial charge in [-0.05, 0) is 43.1 Å². The molecular weight excluding hydrogens is 253 g/mol. The van der Waals surface area contributed by atoms with Crippen LogP contribution in [0.25, 0.3) is 11.4 Å². The molecule has 0 atom stereocenters. The number of nitrogens with zero attached hydrogens (tertiary/aromatic N) is 2. The lowest BCUT2D eigenvalue weighted by Crippen LogP contribution is -2.15. The number of imidazole rings is 1. The normalized spacial score (nSPS) is 10.9. The monoisotopic (exact) mass is 275 g/mol. The molecule has 1 N–H and O–H groups in total. The summed E-state index contributed by atoms with van der Waals surface area (Å²) >= 11 is 0. The molecule has 2 rings (SSSR count). The zero-order valence-electron chi connectivity index (χ0n) is 12.2. The van der Waals surface area contributed by atoms with E-state index in [1.807, 2.05) is 12.3 Å². The Balaban J connectivity index is 2.31. The molecule has 1 aromatic carbocycles. The Bertz CT molecular complexity index is 548. The van der Waals surface area contributed by atoms with Gasteiger partial charge in [-0.25, -0.2) is 9.37 Å². The Kier molecular flexibility index (Phi) is 5.30. The van der Waals surface area contributed by atoms with Gasteiger partial charge in [-0.2, -0.15) is 0 Å². The molecule has 0 aliphatic rings. The lowest BCUT2D eigenvalue weighted by atomic mass is 10.1. The number of aromatic nitrogens is 2. The Morgan fingerprint density at radius 2 is 2.10 bits per heavy atom. The lowest BCUT2D eigenvalue weighted by molar-refractivity contribution is 0.619. The molecule has 0 radical (unpaired) electrons. The van der Waals surface area contributed by atoms with Crippen molar-refractivity contribution >= 4 is 0 Å². The van der Waals surface area contributed by atoms with Gasteiger partial charge >= 0.3 is 0 Å². The summed E-state index contributed by atoms with van der Waals surface area (Å²) in [5.74, 6) is 0.718. The molecular formula is C16H22FN3. The van der Waals surface area contributed by atoms with E-state index in [2.05, 4.69) is 28.7 Å². The molecule has 0 aliphatic heterocycles. The van der Waals surface area contributed by atoms with Crippen molar-refractivity contribution in [3.63, 3.8) is 0 Å². The van der Waals surface area contributed by atoms with Crippen LogP contribution >= 0.6 is 0 Å². The number of halogens is 1. The largest absolute Gasteiger partial charge is 0.331 e. The standard InChI is InChI=1S/C16H22FN3/c1-3-7-18-12-13-11-14(17)5-6-15(13)16-19-8-10-20(16)9-4-2/h5-6,8,10-11,18H,3-4,7,9,12H2,1-2H3. The van der Waals surface area contributed by atoms with Crippen LogP contribution in [-0.4, -0.2) is 16.1 Å². The first-order chi connectivity index (χ1) is 9.76. The summed E-state index contributed by atoms with van der Waals surface area (Å²) < 4.78 is 15.6. The second-order valence-electron chi connectivity index (χ2n) is 4.92. The fourth-order valence-electron chi connectivity index (χ4n) is 2.30. The zero-order valence-corrected chi connectivity index (χ0v) is 12.2. The minimum Gasteiger partial charge on any atom is -0.331 e. The number of nitrogens with one attached hydrogen (secondary N) is 1. The van der Waals surface area contributed by atoms with Gasteiger partial charge in [0, 0.05) is 31.0 Å². The molecule has 0 aliphatic carbocycles. The van der Waals surface area contributed by atoms with E-state index >= 15 is 0 Å². The van der Waals surface area contributed by atoms with Gasteiger partial charge in [0.2, 0.25) is 0 Å². The summed E-state index contributed by atoms with van der Waals surface area (Å²) in [4.78, 5) is 4.44. The third-order valence-corrected chi connectivity index (χ3v) is 3.23. The Hall–Kier alpha value is -1.68. The predicted octanol–water partition coefficient (Wildman–Crippen LogP) is 3.60. The highest BCUT2D eigenvalue weighted by Gasteiger charge is 2.11. The van der Waals surface area contributed by atoms with Crippen LogP contribution in [0.4, 0.5) is 4.39 Å². The van der Waals surface area contributed by atoms with Crippen molar-refractivity contribution in [1.29, 1.82) is 0 Å². The molecule has 0 saturated carbocycles. The molecule has 1 aromatic heterocycles. The second-order valence-corrected chi connectivity index (χ2v) is 4.92. The van der Waals surface area contributed by atoms with Crippen LogP contribution in [0.5, 0.6) is 0 Å². The average molecular weight is 275 g/mol. The average Bonchev–Trinajstić information content (AvgIpc) is 2.88. The first-order valence-electron chi connectivity index (χ1n) is 7.27. The van der Waals surface area contributed by atoms with Gasteiger partial charge in [0.1, 0.15) is 11.6 Å². The lowest BCUT2D eigenvalue weighted by Gasteiger charge is -2.12. The summed E-state index contributed by atoms with van der Waals surface area (Å²) in [5, 5.41) is 3.33. The van der Waals surface area contributed by atoms with E-state index in [4.69, 9.17) is 0 Å². The highest BCUT2D eigenvalue weighted by Crippen LogP contribution is 2.23. The molecule has 0 amide bonds. The smallest absolute Gasteiger partial charge is 0.140 e. The third-order valence-electron chi connectivity index (χ3n) is 3.23. The van der Waals surface area contributed by atoms with E-state index in [1.165, 1.54) is 6.07 Å². The third kappa shape index (κ3) is 3.45. The number of hydrogen-bond acceptors (Lipinski definition) is 2. The van der Waals surface area contributed by atoms with Crippen molar-refractivity contribution in [2.45, 2.75) is 39.8 Å². The Labute approximate surface area is 119 Å². The molecule has 0 bridgehead atoms. The molecule has 0 unspecified atom stereocenters. The molecule has 108 valence electrons. The number of benzene rings is 1. The highest BCUT2D eigenvalue weighted by atomic mass is 19.1. The molecule has 1 heterocycles. The molecule has 0 saturated heterocycles. The van der Waals surface area contributed by atoms with Crippen molar-refractivity contribution in [2.24, 2.45) is 0 Å². The van der Waals surface area contributed by atoms with Crippen LogP contribution in [0.15, 0.2) is 30.6 Å². The van der Waals surface area contributed by atoms with Crippen LogP contribution in [-0.2, 0) is 13.1 Å². The summed E-state index contributed by atoms with van der Waals surface area (Å²) in [5.41, 5.74) is 1.97. The molecule has 2 aromatic rings. The molecule has 0 fully saturated rings. The predicted molar refractivity (Wildman–Crippen MR) is 79.9 cm³/mol. The Morgan fingerprint density at radius 3 is 2.85 bits per heavy atom. The van der Waals surface area contributed by atoms with Crippen LogP contribution < -0.4 is 5.32 Å². The first-order valence-corrected chi connectivity index (χ1v) is 7.27. The fourth-order valence-corrected chi connectivity index (χ4v) is 2.30. The van der Waals surface area contributed by atoms with E-state index in [0.29, 0.717) is 6.54 Å². The summed E-state index contributed by atoms with van der Waals surface area (Å²) in [6, 6.07) is 4.93. The van der Waals surface area contributed by atoms with Gasteiger partial charge in [0.05, 0.1) is 0 Å². The van der Waals surface area contributed by atoms with E-state index in [1.54, 1.807) is 12.3 Å². The van der Waals surface area contributed by atoms with E-state index in [-0.39, 0.29) is 5.82 Å². The van der Waals surface area contributed by atoms with E-state index in [9.17, 15) is 4.39 Å². The summed E-state index contributed by atoms with van der Waals surface area (Å²) in [6.07, 6.45) is 5.89. The topological polar surface area (TPSA) is 29.9 Å². The first kappa shape index (κ1) is 14.7. The van der Waals surface area contributed by atoms with Crippen molar-refractivity contribution in [3.8, 4) is 11.4 Å². The molecule has 4 heteroatoms. The van der Waals surface area contributed by atoms with Crippen molar-refractivity contribution in [2.75, 3.05) is 6.54 Å². The molecule has 20 heavy (non-hydrogen) atoms. The minimum absolute atomic E-state index is 0.198. The second kappa shape index (κ2) is 7.20.